The molecule has 1 fully saturated rings. The third-order valence-electron chi connectivity index (χ3n) is 5.75. The topological polar surface area (TPSA) is 144 Å². The maximum Gasteiger partial charge on any atom is 0.488 e. The predicted molar refractivity (Wildman–Crippen MR) is 126 cm³/mol. The standard InChI is InChI=1S/C17H17N2O8P.C6H15N/c1-10-8-19(17(22)18-15(10)20)14-7-12(13(26-14)9-25-28(23)24)27-16(21)11-5-3-2-4-6-11;1-4-7(5-2)6-3/h2-6,8,12-14H,7,9H2,1H3,(H,18,20,22);4-6H2,1-3H3/p+1/t12-,13+,14+;/m0./s1. The maximum absolute atomic E-state index is 12.3. The largest absolute Gasteiger partial charge is 0.566 e. The minimum Gasteiger partial charge on any atom is -0.566 e. The van der Waals surface area contributed by atoms with Gasteiger partial charge in [-0.15, -0.1) is 4.52 Å². The summed E-state index contributed by atoms with van der Waals surface area (Å²) in [6, 6.07) is 8.25. The molecule has 2 aromatic rings. The first-order valence-electron chi connectivity index (χ1n) is 11.5. The fourth-order valence-corrected chi connectivity index (χ4v) is 3.88. The monoisotopic (exact) mass is 510 g/mol. The summed E-state index contributed by atoms with van der Waals surface area (Å²) in [6.45, 7) is 11.6. The van der Waals surface area contributed by atoms with Gasteiger partial charge in [0.15, 0.2) is 0 Å². The third-order valence-corrected chi connectivity index (χ3v) is 6.11. The summed E-state index contributed by atoms with van der Waals surface area (Å²) in [4.78, 5) is 50.6. The van der Waals surface area contributed by atoms with Crippen LogP contribution in [0, 0.1) is 6.92 Å². The van der Waals surface area contributed by atoms with Crippen LogP contribution in [0.15, 0.2) is 46.1 Å². The lowest BCUT2D eigenvalue weighted by atomic mass is 10.1. The van der Waals surface area contributed by atoms with Crippen molar-refractivity contribution < 1.29 is 33.2 Å². The molecule has 35 heavy (non-hydrogen) atoms. The average Bonchev–Trinajstić information content (AvgIpc) is 3.24. The molecule has 0 bridgehead atoms. The first-order valence-corrected chi connectivity index (χ1v) is 12.6. The molecule has 192 valence electrons. The van der Waals surface area contributed by atoms with Crippen molar-refractivity contribution in [2.45, 2.75) is 52.6 Å². The summed E-state index contributed by atoms with van der Waals surface area (Å²) in [6.07, 6.45) is -1.22. The van der Waals surface area contributed by atoms with Crippen LogP contribution in [0.5, 0.6) is 0 Å². The van der Waals surface area contributed by atoms with Crippen molar-refractivity contribution in [3.63, 3.8) is 0 Å². The number of carbonyl (C=O) groups is 1. The van der Waals surface area contributed by atoms with Gasteiger partial charge in [0.25, 0.3) is 5.56 Å². The second kappa shape index (κ2) is 14.0. The molecule has 0 spiro atoms. The Hall–Kier alpha value is -2.69. The molecule has 12 heteroatoms. The molecule has 1 aromatic carbocycles. The quantitative estimate of drug-likeness (QED) is 0.363. The Labute approximate surface area is 204 Å². The molecular formula is C23H33N3O8P+. The first-order chi connectivity index (χ1) is 16.7. The van der Waals surface area contributed by atoms with E-state index in [9.17, 15) is 23.8 Å². The van der Waals surface area contributed by atoms with Gasteiger partial charge in [0.05, 0.1) is 25.2 Å². The third kappa shape index (κ3) is 8.48. The molecule has 1 aromatic heterocycles. The Morgan fingerprint density at radius 1 is 1.20 bits per heavy atom. The van der Waals surface area contributed by atoms with Crippen molar-refractivity contribution in [1.82, 2.24) is 9.55 Å². The Morgan fingerprint density at radius 3 is 2.37 bits per heavy atom. The second-order valence-corrected chi connectivity index (χ2v) is 8.69. The van der Waals surface area contributed by atoms with E-state index in [1.807, 2.05) is 0 Å². The van der Waals surface area contributed by atoms with Gasteiger partial charge in [-0.2, -0.15) is 0 Å². The Bertz CT molecular complexity index is 1080. The molecule has 2 N–H and O–H groups in total. The van der Waals surface area contributed by atoms with E-state index < -0.39 is 43.9 Å². The fraction of sp³-hybridized carbons (Fsp3) is 0.522. The van der Waals surface area contributed by atoms with Gasteiger partial charge in [-0.05, 0) is 44.4 Å². The number of ether oxygens (including phenoxy) is 2. The SMILES string of the molecule is CC[NH+](CC)CC.Cc1cn([C@H]2C[C@H](OC(=O)c3ccccc3)[C@@H](CO[P+](=O)[O-])O2)c(=O)[nH]c1=O. The van der Waals surface area contributed by atoms with Crippen LogP contribution >= 0.6 is 8.25 Å². The highest BCUT2D eigenvalue weighted by molar-refractivity contribution is 7.30. The fourth-order valence-electron chi connectivity index (χ4n) is 3.61. The number of aryl methyl sites for hydroxylation is 1. The highest BCUT2D eigenvalue weighted by Gasteiger charge is 2.40. The van der Waals surface area contributed by atoms with Gasteiger partial charge in [0.2, 0.25) is 0 Å². The average molecular weight is 511 g/mol. The number of aromatic amines is 1. The van der Waals surface area contributed by atoms with Crippen LogP contribution in [0.4, 0.5) is 0 Å². The molecule has 1 aliphatic rings. The lowest BCUT2D eigenvalue weighted by Crippen LogP contribution is -3.11. The lowest BCUT2D eigenvalue weighted by Gasteiger charge is -2.16. The van der Waals surface area contributed by atoms with Gasteiger partial charge in [-0.3, -0.25) is 14.3 Å². The Kier molecular flexibility index (Phi) is 11.4. The number of esters is 1. The first kappa shape index (κ1) is 28.5. The Balaban J connectivity index is 0.000000540. The zero-order chi connectivity index (χ0) is 26.0. The number of hydrogen-bond acceptors (Lipinski definition) is 8. The number of benzene rings is 1. The van der Waals surface area contributed by atoms with E-state index in [-0.39, 0.29) is 13.0 Å². The highest BCUT2D eigenvalue weighted by atomic mass is 31.1. The van der Waals surface area contributed by atoms with E-state index in [1.165, 1.54) is 32.8 Å². The van der Waals surface area contributed by atoms with Crippen LogP contribution in [0.3, 0.4) is 0 Å². The normalized spacial score (nSPS) is 19.7. The minimum atomic E-state index is -3.12. The second-order valence-electron chi connectivity index (χ2n) is 7.98. The van der Waals surface area contributed by atoms with Crippen molar-refractivity contribution in [1.29, 1.82) is 0 Å². The molecule has 4 atom stereocenters. The van der Waals surface area contributed by atoms with E-state index in [0.717, 1.165) is 4.57 Å². The number of rotatable bonds is 9. The van der Waals surface area contributed by atoms with Crippen LogP contribution in [0.1, 0.15) is 49.3 Å². The summed E-state index contributed by atoms with van der Waals surface area (Å²) in [5.41, 5.74) is -0.597. The van der Waals surface area contributed by atoms with E-state index in [4.69, 9.17) is 9.47 Å². The van der Waals surface area contributed by atoms with Crippen molar-refractivity contribution in [3.05, 3.63) is 68.5 Å². The number of quaternary nitrogens is 1. The van der Waals surface area contributed by atoms with Crippen LogP contribution in [-0.4, -0.2) is 54.0 Å². The molecule has 0 aliphatic carbocycles. The van der Waals surface area contributed by atoms with Gasteiger partial charge < -0.3 is 19.3 Å². The highest BCUT2D eigenvalue weighted by Crippen LogP contribution is 2.31. The molecule has 1 saturated heterocycles. The van der Waals surface area contributed by atoms with Crippen LogP contribution < -0.4 is 21.0 Å². The predicted octanol–water partition coefficient (Wildman–Crippen LogP) is 0.323. The van der Waals surface area contributed by atoms with Crippen LogP contribution in [-0.2, 0) is 18.6 Å². The van der Waals surface area contributed by atoms with Gasteiger partial charge >= 0.3 is 19.9 Å². The number of nitrogens with zero attached hydrogens (tertiary/aromatic N) is 1. The van der Waals surface area contributed by atoms with Gasteiger partial charge in [0, 0.05) is 18.2 Å². The number of carbonyl (C=O) groups excluding carboxylic acids is 1. The molecular weight excluding hydrogens is 477 g/mol. The summed E-state index contributed by atoms with van der Waals surface area (Å²) in [5.74, 6) is -0.614. The molecule has 1 unspecified atom stereocenters. The lowest BCUT2D eigenvalue weighted by molar-refractivity contribution is -0.894. The zero-order valence-electron chi connectivity index (χ0n) is 20.4. The molecule has 0 saturated carbocycles. The van der Waals surface area contributed by atoms with Crippen LogP contribution in [0.2, 0.25) is 0 Å². The smallest absolute Gasteiger partial charge is 0.488 e. The van der Waals surface area contributed by atoms with Crippen LogP contribution in [0.25, 0.3) is 0 Å². The number of H-pyrrole nitrogens is 1. The van der Waals surface area contributed by atoms with Crippen molar-refractivity contribution in [2.24, 2.45) is 0 Å². The van der Waals surface area contributed by atoms with Crippen molar-refractivity contribution in [3.8, 4) is 0 Å². The number of hydrogen-bond donors (Lipinski definition) is 2. The molecule has 1 aliphatic heterocycles. The molecule has 11 nitrogen and oxygen atoms in total. The van der Waals surface area contributed by atoms with Gasteiger partial charge in [0.1, 0.15) is 25.0 Å². The summed E-state index contributed by atoms with van der Waals surface area (Å²) >= 11 is 0. The van der Waals surface area contributed by atoms with E-state index in [2.05, 4.69) is 30.3 Å². The summed E-state index contributed by atoms with van der Waals surface area (Å²) in [5, 5.41) is 0. The zero-order valence-corrected chi connectivity index (χ0v) is 21.3. The van der Waals surface area contributed by atoms with Gasteiger partial charge in [-0.1, -0.05) is 18.2 Å². The molecule has 0 amide bonds. The van der Waals surface area contributed by atoms with Crippen molar-refractivity contribution in [2.75, 3.05) is 26.2 Å². The summed E-state index contributed by atoms with van der Waals surface area (Å²) in [7, 11) is -3.12. The Morgan fingerprint density at radius 2 is 1.83 bits per heavy atom. The molecule has 0 radical (unpaired) electrons. The molecule has 2 heterocycles. The summed E-state index contributed by atoms with van der Waals surface area (Å²) < 4.78 is 27.7. The van der Waals surface area contributed by atoms with E-state index >= 15 is 0 Å². The number of aromatic nitrogens is 2. The van der Waals surface area contributed by atoms with E-state index in [1.54, 1.807) is 35.2 Å². The van der Waals surface area contributed by atoms with E-state index in [0.29, 0.717) is 11.1 Å². The van der Waals surface area contributed by atoms with Crippen molar-refractivity contribution >= 4 is 14.2 Å². The number of nitrogens with one attached hydrogen (secondary N) is 2. The van der Waals surface area contributed by atoms with Gasteiger partial charge in [-0.25, -0.2) is 9.59 Å². The molecule has 3 rings (SSSR count). The maximum atomic E-state index is 12.3. The minimum absolute atomic E-state index is 0.0770.